The number of imidazole rings is 1. The van der Waals surface area contributed by atoms with E-state index < -0.39 is 11.7 Å². The van der Waals surface area contributed by atoms with E-state index in [-0.39, 0.29) is 0 Å². The number of hydrogen-bond acceptors (Lipinski definition) is 2. The minimum atomic E-state index is -4.29. The molecule has 96 valence electrons. The molecule has 1 aromatic heterocycles. The molecule has 2 N–H and O–H groups in total. The molecule has 0 fully saturated rings. The quantitative estimate of drug-likeness (QED) is 0.883. The van der Waals surface area contributed by atoms with Gasteiger partial charge < -0.3 is 10.3 Å². The molecule has 0 spiro atoms. The lowest BCUT2D eigenvalue weighted by Crippen LogP contribution is -2.05. The van der Waals surface area contributed by atoms with Crippen LogP contribution in [0.3, 0.4) is 0 Å². The van der Waals surface area contributed by atoms with E-state index in [4.69, 9.17) is 0 Å². The van der Waals surface area contributed by atoms with Crippen LogP contribution in [0.25, 0.3) is 0 Å². The number of alkyl halides is 3. The zero-order valence-corrected chi connectivity index (χ0v) is 9.67. The van der Waals surface area contributed by atoms with Gasteiger partial charge in [0.2, 0.25) is 0 Å². The summed E-state index contributed by atoms with van der Waals surface area (Å²) in [5.74, 6) is 0. The Morgan fingerprint density at radius 2 is 1.89 bits per heavy atom. The summed E-state index contributed by atoms with van der Waals surface area (Å²) < 4.78 is 37.0. The molecule has 0 amide bonds. The van der Waals surface area contributed by atoms with Gasteiger partial charge in [-0.05, 0) is 31.2 Å². The molecular formula is C12H12F3N3. The van der Waals surface area contributed by atoms with Gasteiger partial charge in [-0.25, -0.2) is 4.98 Å². The lowest BCUT2D eigenvalue weighted by molar-refractivity contribution is -0.137. The van der Waals surface area contributed by atoms with Crippen molar-refractivity contribution in [2.75, 3.05) is 5.32 Å². The van der Waals surface area contributed by atoms with Crippen LogP contribution in [0.15, 0.2) is 30.6 Å². The molecule has 0 saturated heterocycles. The third-order valence-electron chi connectivity index (χ3n) is 2.61. The molecule has 2 aromatic rings. The highest BCUT2D eigenvalue weighted by Crippen LogP contribution is 2.29. The molecule has 0 saturated carbocycles. The molecule has 0 atom stereocenters. The molecule has 1 aromatic carbocycles. The summed E-state index contributed by atoms with van der Waals surface area (Å²) >= 11 is 0. The van der Waals surface area contributed by atoms with Gasteiger partial charge in [0.05, 0.1) is 24.1 Å². The summed E-state index contributed by atoms with van der Waals surface area (Å²) in [5, 5.41) is 3.02. The van der Waals surface area contributed by atoms with Crippen molar-refractivity contribution < 1.29 is 13.2 Å². The number of nitrogens with zero attached hydrogens (tertiary/aromatic N) is 1. The van der Waals surface area contributed by atoms with Crippen LogP contribution < -0.4 is 5.32 Å². The van der Waals surface area contributed by atoms with Crippen molar-refractivity contribution in [1.82, 2.24) is 9.97 Å². The van der Waals surface area contributed by atoms with Gasteiger partial charge >= 0.3 is 6.18 Å². The van der Waals surface area contributed by atoms with Crippen LogP contribution in [0, 0.1) is 6.92 Å². The lowest BCUT2D eigenvalue weighted by Gasteiger charge is -2.09. The predicted octanol–water partition coefficient (Wildman–Crippen LogP) is 3.35. The fourth-order valence-electron chi connectivity index (χ4n) is 1.53. The van der Waals surface area contributed by atoms with E-state index in [1.165, 1.54) is 12.1 Å². The minimum Gasteiger partial charge on any atom is -0.379 e. The summed E-state index contributed by atoms with van der Waals surface area (Å²) in [5.41, 5.74) is 1.76. The molecule has 3 nitrogen and oxygen atoms in total. The summed E-state index contributed by atoms with van der Waals surface area (Å²) in [7, 11) is 0. The Bertz CT molecular complexity index is 514. The van der Waals surface area contributed by atoms with Crippen molar-refractivity contribution >= 4 is 5.69 Å². The van der Waals surface area contributed by atoms with E-state index in [9.17, 15) is 13.2 Å². The first-order chi connectivity index (χ1) is 8.47. The lowest BCUT2D eigenvalue weighted by atomic mass is 10.2. The first-order valence-electron chi connectivity index (χ1n) is 5.37. The molecule has 18 heavy (non-hydrogen) atoms. The Balaban J connectivity index is 2.01. The molecule has 1 heterocycles. The van der Waals surface area contributed by atoms with Crippen molar-refractivity contribution in [3.63, 3.8) is 0 Å². The second kappa shape index (κ2) is 4.72. The van der Waals surface area contributed by atoms with Crippen LogP contribution >= 0.6 is 0 Å². The monoisotopic (exact) mass is 255 g/mol. The van der Waals surface area contributed by atoms with Gasteiger partial charge in [0.1, 0.15) is 0 Å². The zero-order chi connectivity index (χ0) is 13.2. The van der Waals surface area contributed by atoms with Crippen molar-refractivity contribution in [2.24, 2.45) is 0 Å². The number of nitrogens with one attached hydrogen (secondary N) is 2. The van der Waals surface area contributed by atoms with Gasteiger partial charge in [-0.3, -0.25) is 0 Å². The van der Waals surface area contributed by atoms with Crippen LogP contribution in [-0.2, 0) is 12.7 Å². The summed E-state index contributed by atoms with van der Waals surface area (Å²) in [6, 6.07) is 4.93. The second-order valence-electron chi connectivity index (χ2n) is 3.90. The van der Waals surface area contributed by atoms with Crippen LogP contribution in [0.2, 0.25) is 0 Å². The number of halogens is 3. The number of aromatic amines is 1. The van der Waals surface area contributed by atoms with Gasteiger partial charge in [-0.2, -0.15) is 13.2 Å². The average Bonchev–Trinajstić information content (AvgIpc) is 2.72. The van der Waals surface area contributed by atoms with E-state index >= 15 is 0 Å². The number of hydrogen-bond donors (Lipinski definition) is 2. The van der Waals surface area contributed by atoms with Crippen molar-refractivity contribution in [1.29, 1.82) is 0 Å². The number of aromatic nitrogens is 2. The standard InChI is InChI=1S/C12H12F3N3/c1-8-11(18-7-17-8)6-16-10-4-2-9(3-5-10)12(13,14)15/h2-5,7,16H,6H2,1H3,(H,17,18). The third-order valence-corrected chi connectivity index (χ3v) is 2.61. The number of benzene rings is 1. The molecular weight excluding hydrogens is 243 g/mol. The first-order valence-corrected chi connectivity index (χ1v) is 5.37. The van der Waals surface area contributed by atoms with Crippen LogP contribution in [-0.4, -0.2) is 9.97 Å². The van der Waals surface area contributed by atoms with Crippen LogP contribution in [0.1, 0.15) is 17.0 Å². The van der Waals surface area contributed by atoms with E-state index in [0.717, 1.165) is 23.5 Å². The molecule has 0 aliphatic heterocycles. The van der Waals surface area contributed by atoms with E-state index in [1.54, 1.807) is 6.33 Å². The Hall–Kier alpha value is -1.98. The molecule has 0 radical (unpaired) electrons. The molecule has 0 bridgehead atoms. The fraction of sp³-hybridized carbons (Fsp3) is 0.250. The van der Waals surface area contributed by atoms with E-state index in [2.05, 4.69) is 15.3 Å². The Morgan fingerprint density at radius 3 is 2.39 bits per heavy atom. The van der Waals surface area contributed by atoms with Crippen molar-refractivity contribution in [2.45, 2.75) is 19.6 Å². The topological polar surface area (TPSA) is 40.7 Å². The number of aryl methyl sites for hydroxylation is 1. The van der Waals surface area contributed by atoms with Gasteiger partial charge in [0.15, 0.2) is 0 Å². The normalized spacial score (nSPS) is 11.6. The minimum absolute atomic E-state index is 0.473. The van der Waals surface area contributed by atoms with Crippen LogP contribution in [0.4, 0.5) is 18.9 Å². The molecule has 0 unspecified atom stereocenters. The van der Waals surface area contributed by atoms with Crippen molar-refractivity contribution in [3.8, 4) is 0 Å². The average molecular weight is 255 g/mol. The van der Waals surface area contributed by atoms with E-state index in [1.807, 2.05) is 6.92 Å². The summed E-state index contributed by atoms with van der Waals surface area (Å²) in [6.45, 7) is 2.36. The number of H-pyrrole nitrogens is 1. The highest BCUT2D eigenvalue weighted by atomic mass is 19.4. The molecule has 2 rings (SSSR count). The Morgan fingerprint density at radius 1 is 1.22 bits per heavy atom. The molecule has 0 aliphatic rings. The molecule has 6 heteroatoms. The summed E-state index contributed by atoms with van der Waals surface area (Å²) in [4.78, 5) is 7.02. The Kier molecular flexibility index (Phi) is 3.27. The smallest absolute Gasteiger partial charge is 0.379 e. The number of rotatable bonds is 3. The van der Waals surface area contributed by atoms with Gasteiger partial charge in [-0.1, -0.05) is 0 Å². The Labute approximate surface area is 102 Å². The maximum Gasteiger partial charge on any atom is 0.416 e. The molecule has 0 aliphatic carbocycles. The maximum absolute atomic E-state index is 12.3. The predicted molar refractivity (Wildman–Crippen MR) is 62.1 cm³/mol. The third kappa shape index (κ3) is 2.82. The van der Waals surface area contributed by atoms with E-state index in [0.29, 0.717) is 12.2 Å². The highest BCUT2D eigenvalue weighted by molar-refractivity contribution is 5.45. The SMILES string of the molecule is Cc1[nH]cnc1CNc1ccc(C(F)(F)F)cc1. The summed E-state index contributed by atoms with van der Waals surface area (Å²) in [6.07, 6.45) is -2.71. The van der Waals surface area contributed by atoms with Gasteiger partial charge in [-0.15, -0.1) is 0 Å². The largest absolute Gasteiger partial charge is 0.416 e. The van der Waals surface area contributed by atoms with Gasteiger partial charge in [0, 0.05) is 11.4 Å². The number of anilines is 1. The first kappa shape index (κ1) is 12.5. The van der Waals surface area contributed by atoms with Crippen molar-refractivity contribution in [3.05, 3.63) is 47.5 Å². The van der Waals surface area contributed by atoms with Gasteiger partial charge in [0.25, 0.3) is 0 Å². The maximum atomic E-state index is 12.3. The fourth-order valence-corrected chi connectivity index (χ4v) is 1.53. The zero-order valence-electron chi connectivity index (χ0n) is 9.67. The highest BCUT2D eigenvalue weighted by Gasteiger charge is 2.29. The second-order valence-corrected chi connectivity index (χ2v) is 3.90. The van der Waals surface area contributed by atoms with Crippen LogP contribution in [0.5, 0.6) is 0 Å².